The van der Waals surface area contributed by atoms with Crippen molar-refractivity contribution < 1.29 is 8.42 Å². The molecule has 0 spiro atoms. The lowest BCUT2D eigenvalue weighted by Gasteiger charge is -2.02. The molecule has 0 atom stereocenters. The van der Waals surface area contributed by atoms with Gasteiger partial charge in [0.2, 0.25) is 0 Å². The highest BCUT2D eigenvalue weighted by atomic mass is 32.2. The molecule has 6 heteroatoms. The molecule has 0 radical (unpaired) electrons. The molecule has 1 aromatic rings. The Labute approximate surface area is 88.3 Å². The lowest BCUT2D eigenvalue weighted by atomic mass is 10.3. The Morgan fingerprint density at radius 1 is 1.57 bits per heavy atom. The van der Waals surface area contributed by atoms with Crippen molar-refractivity contribution in [2.45, 2.75) is 19.1 Å². The molecule has 0 amide bonds. The van der Waals surface area contributed by atoms with Gasteiger partial charge in [-0.1, -0.05) is 19.1 Å². The normalized spacial score (nSPS) is 11.6. The number of rotatable bonds is 3. The van der Waals surface area contributed by atoms with Crippen LogP contribution >= 0.6 is 12.2 Å². The van der Waals surface area contributed by atoms with Gasteiger partial charge in [-0.05, 0) is 12.5 Å². The van der Waals surface area contributed by atoms with Crippen molar-refractivity contribution in [1.29, 1.82) is 0 Å². The fourth-order valence-electron chi connectivity index (χ4n) is 1.07. The lowest BCUT2D eigenvalue weighted by Crippen LogP contribution is -2.06. The van der Waals surface area contributed by atoms with E-state index in [1.165, 1.54) is 6.26 Å². The molecule has 0 unspecified atom stereocenters. The Kier molecular flexibility index (Phi) is 3.38. The highest BCUT2D eigenvalue weighted by Crippen LogP contribution is 2.02. The summed E-state index contributed by atoms with van der Waals surface area (Å²) < 4.78 is 22.5. The van der Waals surface area contributed by atoms with Gasteiger partial charge in [-0.3, -0.25) is 0 Å². The van der Waals surface area contributed by atoms with Gasteiger partial charge in [0.05, 0.1) is 0 Å². The predicted molar refractivity (Wildman–Crippen MR) is 57.3 cm³/mol. The van der Waals surface area contributed by atoms with Crippen molar-refractivity contribution in [2.24, 2.45) is 0 Å². The van der Waals surface area contributed by atoms with Crippen LogP contribution in [0.15, 0.2) is 6.07 Å². The van der Waals surface area contributed by atoms with Gasteiger partial charge in [0.15, 0.2) is 9.84 Å². The molecule has 0 aliphatic carbocycles. The van der Waals surface area contributed by atoms with Crippen LogP contribution in [0.5, 0.6) is 0 Å². The standard InChI is InChI=1S/C8H12N2O2S2/c1-3-6-4-8(13)10-7(9-6)5-14(2,11)12/h4H,3,5H2,1-2H3,(H,9,10,13). The van der Waals surface area contributed by atoms with E-state index in [0.29, 0.717) is 10.5 Å². The zero-order valence-electron chi connectivity index (χ0n) is 8.07. The molecular weight excluding hydrogens is 220 g/mol. The summed E-state index contributed by atoms with van der Waals surface area (Å²) in [6.07, 6.45) is 1.95. The molecule has 0 aromatic carbocycles. The summed E-state index contributed by atoms with van der Waals surface area (Å²) in [7, 11) is -3.06. The third-order valence-electron chi connectivity index (χ3n) is 1.63. The molecule has 0 bridgehead atoms. The average molecular weight is 232 g/mol. The van der Waals surface area contributed by atoms with Crippen LogP contribution in [0, 0.1) is 4.64 Å². The monoisotopic (exact) mass is 232 g/mol. The molecule has 0 fully saturated rings. The van der Waals surface area contributed by atoms with E-state index < -0.39 is 9.84 Å². The summed E-state index contributed by atoms with van der Waals surface area (Å²) in [6, 6.07) is 1.74. The third-order valence-corrected chi connectivity index (χ3v) is 2.63. The van der Waals surface area contributed by atoms with Crippen LogP contribution in [0.2, 0.25) is 0 Å². The van der Waals surface area contributed by atoms with Crippen molar-refractivity contribution >= 4 is 22.1 Å². The van der Waals surface area contributed by atoms with Gasteiger partial charge < -0.3 is 4.98 Å². The summed E-state index contributed by atoms with van der Waals surface area (Å²) in [5, 5.41) is 0. The van der Waals surface area contributed by atoms with Crippen molar-refractivity contribution in [3.8, 4) is 0 Å². The first-order chi connectivity index (χ1) is 6.40. The maximum Gasteiger partial charge on any atom is 0.154 e. The van der Waals surface area contributed by atoms with Gasteiger partial charge >= 0.3 is 0 Å². The zero-order chi connectivity index (χ0) is 10.8. The Morgan fingerprint density at radius 3 is 2.71 bits per heavy atom. The summed E-state index contributed by atoms with van der Waals surface area (Å²) in [6.45, 7) is 1.96. The van der Waals surface area contributed by atoms with Gasteiger partial charge in [0.25, 0.3) is 0 Å². The van der Waals surface area contributed by atoms with Crippen LogP contribution in [-0.4, -0.2) is 24.6 Å². The van der Waals surface area contributed by atoms with Crippen molar-refractivity contribution in [3.05, 3.63) is 22.2 Å². The number of hydrogen-bond acceptors (Lipinski definition) is 4. The van der Waals surface area contributed by atoms with Crippen LogP contribution in [0.4, 0.5) is 0 Å². The molecule has 14 heavy (non-hydrogen) atoms. The number of aromatic nitrogens is 2. The third kappa shape index (κ3) is 3.55. The SMILES string of the molecule is CCc1cc(=S)nc(CS(C)(=O)=O)[nH]1. The maximum atomic E-state index is 11.0. The summed E-state index contributed by atoms with van der Waals surface area (Å²) in [4.78, 5) is 6.88. The molecule has 1 N–H and O–H groups in total. The van der Waals surface area contributed by atoms with Gasteiger partial charge in [0, 0.05) is 11.9 Å². The molecule has 0 aliphatic heterocycles. The Morgan fingerprint density at radius 2 is 2.21 bits per heavy atom. The van der Waals surface area contributed by atoms with Crippen molar-refractivity contribution in [2.75, 3.05) is 6.26 Å². The molecule has 0 aliphatic rings. The van der Waals surface area contributed by atoms with Crippen molar-refractivity contribution in [3.63, 3.8) is 0 Å². The Hall–Kier alpha value is -0.750. The van der Waals surface area contributed by atoms with E-state index in [-0.39, 0.29) is 5.75 Å². The fraction of sp³-hybridized carbons (Fsp3) is 0.500. The van der Waals surface area contributed by atoms with E-state index in [9.17, 15) is 8.42 Å². The molecule has 1 heterocycles. The van der Waals surface area contributed by atoms with Gasteiger partial charge in [0.1, 0.15) is 16.2 Å². The number of hydrogen-bond donors (Lipinski definition) is 1. The van der Waals surface area contributed by atoms with E-state index in [2.05, 4.69) is 9.97 Å². The first-order valence-corrected chi connectivity index (χ1v) is 6.64. The number of aryl methyl sites for hydroxylation is 1. The van der Waals surface area contributed by atoms with Crippen molar-refractivity contribution in [1.82, 2.24) is 9.97 Å². The van der Waals surface area contributed by atoms with E-state index in [4.69, 9.17) is 12.2 Å². The number of H-pyrrole nitrogens is 1. The minimum Gasteiger partial charge on any atom is -0.346 e. The molecule has 4 nitrogen and oxygen atoms in total. The molecule has 78 valence electrons. The number of nitrogens with zero attached hydrogens (tertiary/aromatic N) is 1. The summed E-state index contributed by atoms with van der Waals surface area (Å²) in [5.74, 6) is 0.321. The second-order valence-electron chi connectivity index (χ2n) is 3.11. The van der Waals surface area contributed by atoms with E-state index in [1.807, 2.05) is 6.92 Å². The van der Waals surface area contributed by atoms with Gasteiger partial charge in [-0.2, -0.15) is 0 Å². The van der Waals surface area contributed by atoms with Crippen LogP contribution in [0.25, 0.3) is 0 Å². The first-order valence-electron chi connectivity index (χ1n) is 4.17. The topological polar surface area (TPSA) is 62.8 Å². The Balaban J connectivity index is 3.10. The first kappa shape index (κ1) is 11.3. The van der Waals surface area contributed by atoms with Crippen LogP contribution in [-0.2, 0) is 22.0 Å². The smallest absolute Gasteiger partial charge is 0.154 e. The quantitative estimate of drug-likeness (QED) is 0.797. The minimum atomic E-state index is -3.06. The number of nitrogens with one attached hydrogen (secondary N) is 1. The molecule has 1 aromatic heterocycles. The van der Waals surface area contributed by atoms with Gasteiger partial charge in [-0.25, -0.2) is 13.4 Å². The van der Waals surface area contributed by atoms with Crippen LogP contribution in [0.1, 0.15) is 18.4 Å². The van der Waals surface area contributed by atoms with E-state index in [1.54, 1.807) is 6.07 Å². The minimum absolute atomic E-state index is 0.0928. The highest BCUT2D eigenvalue weighted by molar-refractivity contribution is 7.89. The molecule has 0 saturated carbocycles. The molecule has 1 rings (SSSR count). The van der Waals surface area contributed by atoms with Crippen LogP contribution in [0.3, 0.4) is 0 Å². The number of sulfone groups is 1. The maximum absolute atomic E-state index is 11.0. The van der Waals surface area contributed by atoms with Crippen LogP contribution < -0.4 is 0 Å². The molecule has 0 saturated heterocycles. The number of aromatic amines is 1. The predicted octanol–water partition coefficient (Wildman–Crippen LogP) is 1.25. The second-order valence-corrected chi connectivity index (χ2v) is 5.67. The zero-order valence-corrected chi connectivity index (χ0v) is 9.70. The largest absolute Gasteiger partial charge is 0.346 e. The highest BCUT2D eigenvalue weighted by Gasteiger charge is 2.06. The lowest BCUT2D eigenvalue weighted by molar-refractivity contribution is 0.599. The summed E-state index contributed by atoms with van der Waals surface area (Å²) >= 11 is 4.92. The fourth-order valence-corrected chi connectivity index (χ4v) is 1.96. The summed E-state index contributed by atoms with van der Waals surface area (Å²) in [5.41, 5.74) is 0.906. The second kappa shape index (κ2) is 4.18. The average Bonchev–Trinajstić information content (AvgIpc) is 1.99. The Bertz CT molecular complexity index is 476. The van der Waals surface area contributed by atoms with Gasteiger partial charge in [-0.15, -0.1) is 0 Å². The van der Waals surface area contributed by atoms with E-state index >= 15 is 0 Å². The molecular formula is C8H12N2O2S2. The van der Waals surface area contributed by atoms with E-state index in [0.717, 1.165) is 12.1 Å².